The minimum atomic E-state index is -0.248. The summed E-state index contributed by atoms with van der Waals surface area (Å²) >= 11 is 0. The molecular formula is C14H13N3O2. The van der Waals surface area contributed by atoms with E-state index in [2.05, 4.69) is 10.1 Å². The molecule has 2 heterocycles. The highest BCUT2D eigenvalue weighted by Gasteiger charge is 2.21. The van der Waals surface area contributed by atoms with Gasteiger partial charge in [-0.1, -0.05) is 18.2 Å². The Hall–Kier alpha value is -2.43. The predicted molar refractivity (Wildman–Crippen MR) is 70.1 cm³/mol. The molecule has 0 atom stereocenters. The van der Waals surface area contributed by atoms with Gasteiger partial charge in [0.1, 0.15) is 11.9 Å². The van der Waals surface area contributed by atoms with Crippen LogP contribution in [-0.4, -0.2) is 20.5 Å². The molecule has 0 amide bonds. The third-order valence-electron chi connectivity index (χ3n) is 2.91. The van der Waals surface area contributed by atoms with Gasteiger partial charge in [-0.15, -0.1) is 0 Å². The molecule has 0 aliphatic rings. The molecule has 5 nitrogen and oxygen atoms in total. The van der Waals surface area contributed by atoms with Crippen molar-refractivity contribution in [2.45, 2.75) is 19.9 Å². The molecule has 0 aliphatic heterocycles. The molecule has 0 radical (unpaired) electrons. The van der Waals surface area contributed by atoms with Gasteiger partial charge >= 0.3 is 0 Å². The van der Waals surface area contributed by atoms with Crippen LogP contribution in [0.1, 0.15) is 36.3 Å². The van der Waals surface area contributed by atoms with Crippen LogP contribution >= 0.6 is 0 Å². The summed E-state index contributed by atoms with van der Waals surface area (Å²) in [6.45, 7) is 3.90. The number of aromatic nitrogens is 3. The molecule has 0 spiro atoms. The van der Waals surface area contributed by atoms with E-state index in [1.165, 1.54) is 6.33 Å². The summed E-state index contributed by atoms with van der Waals surface area (Å²) in [5.74, 6) is 0.340. The monoisotopic (exact) mass is 255 g/mol. The van der Waals surface area contributed by atoms with Crippen molar-refractivity contribution in [3.63, 3.8) is 0 Å². The highest BCUT2D eigenvalue weighted by Crippen LogP contribution is 2.21. The average molecular weight is 255 g/mol. The van der Waals surface area contributed by atoms with Crippen molar-refractivity contribution >= 4 is 16.8 Å². The fraction of sp³-hybridized carbons (Fsp3) is 0.214. The van der Waals surface area contributed by atoms with Crippen LogP contribution in [0.5, 0.6) is 0 Å². The lowest BCUT2D eigenvalue weighted by Gasteiger charge is -2.06. The largest absolute Gasteiger partial charge is 0.452 e. The van der Waals surface area contributed by atoms with Crippen molar-refractivity contribution < 1.29 is 9.21 Å². The summed E-state index contributed by atoms with van der Waals surface area (Å²) in [7, 11) is 0. The standard InChI is InChI=1S/C14H13N3O2/c1-9(2)17-14(15-8-16-17)13(18)12-7-10-5-3-4-6-11(10)19-12/h3-9H,1-2H3. The van der Waals surface area contributed by atoms with Gasteiger partial charge in [0.25, 0.3) is 5.78 Å². The Morgan fingerprint density at radius 2 is 2.11 bits per heavy atom. The molecule has 2 aromatic heterocycles. The number of fused-ring (bicyclic) bond motifs is 1. The summed E-state index contributed by atoms with van der Waals surface area (Å²) in [6, 6.07) is 9.32. The van der Waals surface area contributed by atoms with Crippen molar-refractivity contribution in [2.75, 3.05) is 0 Å². The number of rotatable bonds is 3. The first kappa shape index (κ1) is 11.6. The van der Waals surface area contributed by atoms with Crippen molar-refractivity contribution in [3.8, 4) is 0 Å². The quantitative estimate of drug-likeness (QED) is 0.675. The first-order valence-electron chi connectivity index (χ1n) is 6.09. The van der Waals surface area contributed by atoms with Crippen LogP contribution in [0.3, 0.4) is 0 Å². The number of para-hydroxylation sites is 1. The number of carbonyl (C=O) groups excluding carboxylic acids is 1. The summed E-state index contributed by atoms with van der Waals surface area (Å²) in [6.07, 6.45) is 1.38. The Labute approximate surface area is 109 Å². The van der Waals surface area contributed by atoms with E-state index in [1.54, 1.807) is 10.7 Å². The second kappa shape index (κ2) is 4.35. The van der Waals surface area contributed by atoms with Crippen molar-refractivity contribution in [1.82, 2.24) is 14.8 Å². The molecule has 0 unspecified atom stereocenters. The van der Waals surface area contributed by atoms with Gasteiger partial charge in [0.2, 0.25) is 5.82 Å². The van der Waals surface area contributed by atoms with E-state index in [0.29, 0.717) is 11.4 Å². The zero-order valence-electron chi connectivity index (χ0n) is 10.7. The second-order valence-corrected chi connectivity index (χ2v) is 4.60. The molecule has 0 saturated heterocycles. The summed E-state index contributed by atoms with van der Waals surface area (Å²) in [5.41, 5.74) is 0.696. The van der Waals surface area contributed by atoms with E-state index in [1.807, 2.05) is 38.1 Å². The van der Waals surface area contributed by atoms with Crippen molar-refractivity contribution in [3.05, 3.63) is 48.2 Å². The van der Waals surface area contributed by atoms with Gasteiger partial charge in [0.05, 0.1) is 0 Å². The molecule has 0 fully saturated rings. The first-order valence-corrected chi connectivity index (χ1v) is 6.09. The Balaban J connectivity index is 2.06. The van der Waals surface area contributed by atoms with E-state index in [9.17, 15) is 4.79 Å². The summed E-state index contributed by atoms with van der Waals surface area (Å²) in [4.78, 5) is 16.4. The van der Waals surface area contributed by atoms with Gasteiger partial charge in [0.15, 0.2) is 5.76 Å². The highest BCUT2D eigenvalue weighted by molar-refractivity contribution is 6.06. The second-order valence-electron chi connectivity index (χ2n) is 4.60. The van der Waals surface area contributed by atoms with Crippen LogP contribution in [0.15, 0.2) is 41.1 Å². The van der Waals surface area contributed by atoms with E-state index in [-0.39, 0.29) is 17.6 Å². The van der Waals surface area contributed by atoms with Gasteiger partial charge in [-0.2, -0.15) is 5.10 Å². The number of benzene rings is 1. The summed E-state index contributed by atoms with van der Waals surface area (Å²) in [5, 5.41) is 4.96. The number of nitrogens with zero attached hydrogens (tertiary/aromatic N) is 3. The third-order valence-corrected chi connectivity index (χ3v) is 2.91. The number of furan rings is 1. The summed E-state index contributed by atoms with van der Waals surface area (Å²) < 4.78 is 7.15. The van der Waals surface area contributed by atoms with E-state index in [0.717, 1.165) is 5.39 Å². The highest BCUT2D eigenvalue weighted by atomic mass is 16.3. The van der Waals surface area contributed by atoms with Crippen LogP contribution < -0.4 is 0 Å². The van der Waals surface area contributed by atoms with E-state index >= 15 is 0 Å². The van der Waals surface area contributed by atoms with Crippen LogP contribution in [-0.2, 0) is 0 Å². The van der Waals surface area contributed by atoms with Gasteiger partial charge < -0.3 is 4.42 Å². The number of ketones is 1. The van der Waals surface area contributed by atoms with E-state index in [4.69, 9.17) is 4.42 Å². The Bertz CT molecular complexity index is 707. The van der Waals surface area contributed by atoms with Gasteiger partial charge in [-0.3, -0.25) is 4.79 Å². The zero-order chi connectivity index (χ0) is 13.4. The lowest BCUT2D eigenvalue weighted by atomic mass is 10.2. The first-order chi connectivity index (χ1) is 9.16. The maximum Gasteiger partial charge on any atom is 0.265 e. The van der Waals surface area contributed by atoms with Crippen LogP contribution in [0, 0.1) is 0 Å². The number of hydrogen-bond acceptors (Lipinski definition) is 4. The molecule has 19 heavy (non-hydrogen) atoms. The van der Waals surface area contributed by atoms with Gasteiger partial charge in [-0.05, 0) is 26.0 Å². The molecule has 0 saturated carbocycles. The Morgan fingerprint density at radius 1 is 1.32 bits per heavy atom. The molecule has 96 valence electrons. The normalized spacial score (nSPS) is 11.3. The average Bonchev–Trinajstić information content (AvgIpc) is 3.04. The van der Waals surface area contributed by atoms with Crippen molar-refractivity contribution in [2.24, 2.45) is 0 Å². The lowest BCUT2D eigenvalue weighted by molar-refractivity contribution is 0.0994. The SMILES string of the molecule is CC(C)n1ncnc1C(=O)c1cc2ccccc2o1. The Morgan fingerprint density at radius 3 is 2.84 bits per heavy atom. The number of hydrogen-bond donors (Lipinski definition) is 0. The molecule has 3 rings (SSSR count). The maximum atomic E-state index is 12.4. The topological polar surface area (TPSA) is 60.9 Å². The smallest absolute Gasteiger partial charge is 0.265 e. The zero-order valence-corrected chi connectivity index (χ0v) is 10.7. The molecule has 3 aromatic rings. The third kappa shape index (κ3) is 1.93. The fourth-order valence-electron chi connectivity index (χ4n) is 1.99. The van der Waals surface area contributed by atoms with Crippen LogP contribution in [0.25, 0.3) is 11.0 Å². The maximum absolute atomic E-state index is 12.4. The van der Waals surface area contributed by atoms with Crippen LogP contribution in [0.4, 0.5) is 0 Å². The minimum Gasteiger partial charge on any atom is -0.452 e. The lowest BCUT2D eigenvalue weighted by Crippen LogP contribution is -2.14. The van der Waals surface area contributed by atoms with Crippen LogP contribution in [0.2, 0.25) is 0 Å². The van der Waals surface area contributed by atoms with Crippen molar-refractivity contribution in [1.29, 1.82) is 0 Å². The fourth-order valence-corrected chi connectivity index (χ4v) is 1.99. The van der Waals surface area contributed by atoms with Gasteiger partial charge in [-0.25, -0.2) is 9.67 Å². The van der Waals surface area contributed by atoms with E-state index < -0.39 is 0 Å². The molecule has 5 heteroatoms. The van der Waals surface area contributed by atoms with Gasteiger partial charge in [0, 0.05) is 11.4 Å². The predicted octanol–water partition coefficient (Wildman–Crippen LogP) is 2.84. The molecule has 1 aromatic carbocycles. The molecule has 0 N–H and O–H groups in total. The molecular weight excluding hydrogens is 242 g/mol. The molecule has 0 aliphatic carbocycles. The Kier molecular flexibility index (Phi) is 2.67. The molecule has 0 bridgehead atoms. The minimum absolute atomic E-state index is 0.0748. The number of carbonyl (C=O) groups is 1.